The van der Waals surface area contributed by atoms with Crippen molar-refractivity contribution in [2.45, 2.75) is 51.4 Å². The van der Waals surface area contributed by atoms with Crippen LogP contribution in [0.25, 0.3) is 11.4 Å². The molecule has 4 rings (SSSR count). The number of hydrogen-bond donors (Lipinski definition) is 2. The predicted octanol–water partition coefficient (Wildman–Crippen LogP) is 5.64. The van der Waals surface area contributed by atoms with E-state index in [1.807, 2.05) is 0 Å². The maximum absolute atomic E-state index is 13.6. The second-order valence-corrected chi connectivity index (χ2v) is 7.99. The number of aryl methyl sites for hydroxylation is 1. The molecule has 0 radical (unpaired) electrons. The summed E-state index contributed by atoms with van der Waals surface area (Å²) in [5.41, 5.74) is 0.776. The van der Waals surface area contributed by atoms with Gasteiger partial charge in [0, 0.05) is 16.8 Å². The third-order valence-corrected chi connectivity index (χ3v) is 5.56. The molecule has 1 aliphatic carbocycles. The lowest BCUT2D eigenvalue weighted by molar-refractivity contribution is -0.137. The Morgan fingerprint density at radius 3 is 2.36 bits per heavy atom. The van der Waals surface area contributed by atoms with Gasteiger partial charge in [0.15, 0.2) is 5.82 Å². The number of benzene rings is 1. The molecule has 1 aromatic heterocycles. The van der Waals surface area contributed by atoms with Gasteiger partial charge in [-0.15, -0.1) is 0 Å². The van der Waals surface area contributed by atoms with Gasteiger partial charge in [0.25, 0.3) is 0 Å². The summed E-state index contributed by atoms with van der Waals surface area (Å²) in [7, 11) is 0. The molecule has 2 N–H and O–H groups in total. The topological polar surface area (TPSA) is 62.2 Å². The number of rotatable bonds is 3. The van der Waals surface area contributed by atoms with Crippen LogP contribution in [0.15, 0.2) is 40.7 Å². The third-order valence-electron chi connectivity index (χ3n) is 5.56. The molecule has 2 aromatic rings. The second kappa shape index (κ2) is 8.68. The predicted molar refractivity (Wildman–Crippen MR) is 112 cm³/mol. The minimum Gasteiger partial charge on any atom is -0.326 e. The lowest BCUT2D eigenvalue weighted by atomic mass is 10.0. The van der Waals surface area contributed by atoms with Crippen molar-refractivity contribution in [3.8, 4) is 11.4 Å². The van der Waals surface area contributed by atoms with Crippen LogP contribution in [-0.2, 0) is 19.0 Å². The van der Waals surface area contributed by atoms with Gasteiger partial charge < -0.3 is 10.6 Å². The quantitative estimate of drug-likeness (QED) is 0.451. The summed E-state index contributed by atoms with van der Waals surface area (Å²) in [6.07, 6.45) is -5.59. The van der Waals surface area contributed by atoms with Crippen molar-refractivity contribution in [1.82, 2.24) is 15.3 Å². The Kier molecular flexibility index (Phi) is 6.06. The Morgan fingerprint density at radius 2 is 1.64 bits per heavy atom. The van der Waals surface area contributed by atoms with Crippen molar-refractivity contribution in [3.05, 3.63) is 52.5 Å². The summed E-state index contributed by atoms with van der Waals surface area (Å²) >= 11 is 0. The Hall–Kier alpha value is -3.11. The molecule has 11 heteroatoms. The van der Waals surface area contributed by atoms with Crippen LogP contribution in [0.2, 0.25) is 0 Å². The van der Waals surface area contributed by atoms with Crippen molar-refractivity contribution < 1.29 is 26.3 Å². The molecule has 33 heavy (non-hydrogen) atoms. The van der Waals surface area contributed by atoms with Crippen LogP contribution in [0.5, 0.6) is 0 Å². The van der Waals surface area contributed by atoms with Crippen LogP contribution in [0.3, 0.4) is 0 Å². The summed E-state index contributed by atoms with van der Waals surface area (Å²) in [5, 5.41) is 5.17. The highest BCUT2D eigenvalue weighted by Gasteiger charge is 2.38. The van der Waals surface area contributed by atoms with E-state index in [2.05, 4.69) is 25.6 Å². The molecule has 0 spiro atoms. The number of nitrogens with zero attached hydrogens (tertiary/aromatic N) is 3. The number of anilines is 1. The number of amidine groups is 1. The van der Waals surface area contributed by atoms with E-state index in [4.69, 9.17) is 0 Å². The number of alkyl halides is 6. The first-order valence-corrected chi connectivity index (χ1v) is 10.5. The SMILES string of the molecule is CC1=C(Nc2nc(-c3ccccc3C(F)(F)F)nc3c2CCCCC3)NC(C(F)(F)F)=NC1. The molecule has 0 saturated carbocycles. The smallest absolute Gasteiger partial charge is 0.326 e. The molecule has 0 saturated heterocycles. The maximum atomic E-state index is 13.6. The molecular weight excluding hydrogens is 448 g/mol. The van der Waals surface area contributed by atoms with Crippen molar-refractivity contribution in [2.24, 2.45) is 4.99 Å². The van der Waals surface area contributed by atoms with E-state index >= 15 is 0 Å². The fourth-order valence-electron chi connectivity index (χ4n) is 3.88. The van der Waals surface area contributed by atoms with Crippen molar-refractivity contribution in [3.63, 3.8) is 0 Å². The van der Waals surface area contributed by atoms with Crippen LogP contribution in [0, 0.1) is 0 Å². The van der Waals surface area contributed by atoms with E-state index in [1.165, 1.54) is 18.2 Å². The standard InChI is InChI=1S/C22H21F6N5/c1-12-11-29-20(22(26,27)28)33-17(12)31-19-14-8-3-2-4-10-16(14)30-18(32-19)13-7-5-6-9-15(13)21(23,24)25/h5-7,9H,2-4,8,10-11H2,1H3,(H,29,33)(H,30,31,32). The number of aromatic nitrogens is 2. The molecule has 0 bridgehead atoms. The highest BCUT2D eigenvalue weighted by atomic mass is 19.4. The average molecular weight is 469 g/mol. The van der Waals surface area contributed by atoms with E-state index in [1.54, 1.807) is 6.92 Å². The zero-order valence-corrected chi connectivity index (χ0v) is 17.7. The van der Waals surface area contributed by atoms with Gasteiger partial charge in [-0.05, 0) is 44.2 Å². The van der Waals surface area contributed by atoms with Gasteiger partial charge in [-0.3, -0.25) is 4.99 Å². The number of aliphatic imine (C=N–C) groups is 1. The highest BCUT2D eigenvalue weighted by Crippen LogP contribution is 2.37. The fourth-order valence-corrected chi connectivity index (χ4v) is 3.88. The van der Waals surface area contributed by atoms with Gasteiger partial charge in [-0.25, -0.2) is 9.97 Å². The monoisotopic (exact) mass is 469 g/mol. The van der Waals surface area contributed by atoms with Crippen LogP contribution in [0.1, 0.15) is 43.0 Å². The zero-order valence-electron chi connectivity index (χ0n) is 17.7. The largest absolute Gasteiger partial charge is 0.449 e. The molecule has 0 amide bonds. The van der Waals surface area contributed by atoms with Crippen molar-refractivity contribution >= 4 is 11.7 Å². The third kappa shape index (κ3) is 4.96. The van der Waals surface area contributed by atoms with Crippen LogP contribution >= 0.6 is 0 Å². The van der Waals surface area contributed by atoms with Gasteiger partial charge in [0.2, 0.25) is 5.84 Å². The molecule has 176 valence electrons. The first-order chi connectivity index (χ1) is 15.5. The van der Waals surface area contributed by atoms with Crippen molar-refractivity contribution in [1.29, 1.82) is 0 Å². The van der Waals surface area contributed by atoms with Gasteiger partial charge in [-0.2, -0.15) is 26.3 Å². The molecule has 2 aliphatic rings. The van der Waals surface area contributed by atoms with E-state index in [9.17, 15) is 26.3 Å². The van der Waals surface area contributed by atoms with E-state index in [0.29, 0.717) is 29.7 Å². The van der Waals surface area contributed by atoms with E-state index in [0.717, 1.165) is 25.3 Å². The Balaban J connectivity index is 1.79. The lowest BCUT2D eigenvalue weighted by Crippen LogP contribution is -2.41. The van der Waals surface area contributed by atoms with Gasteiger partial charge in [0.05, 0.1) is 12.1 Å². The first kappa shape index (κ1) is 23.1. The van der Waals surface area contributed by atoms with Crippen LogP contribution in [-0.4, -0.2) is 28.5 Å². The Bertz CT molecular complexity index is 1120. The number of fused-ring (bicyclic) bond motifs is 1. The number of nitrogens with one attached hydrogen (secondary N) is 2. The van der Waals surface area contributed by atoms with Gasteiger partial charge >= 0.3 is 12.4 Å². The fraction of sp³-hybridized carbons (Fsp3) is 0.409. The second-order valence-electron chi connectivity index (χ2n) is 7.99. The van der Waals surface area contributed by atoms with Gasteiger partial charge in [-0.1, -0.05) is 24.6 Å². The Labute approximate surface area is 186 Å². The summed E-state index contributed by atoms with van der Waals surface area (Å²) in [5.74, 6) is -0.986. The number of hydrogen-bond acceptors (Lipinski definition) is 5. The number of halogens is 6. The molecule has 1 aromatic carbocycles. The maximum Gasteiger partial charge on any atom is 0.449 e. The summed E-state index contributed by atoms with van der Waals surface area (Å²) in [6, 6.07) is 5.00. The first-order valence-electron chi connectivity index (χ1n) is 10.5. The zero-order chi connectivity index (χ0) is 23.8. The minimum atomic E-state index is -4.66. The summed E-state index contributed by atoms with van der Waals surface area (Å²) in [6.45, 7) is 1.45. The molecule has 0 atom stereocenters. The molecular formula is C22H21F6N5. The van der Waals surface area contributed by atoms with Crippen LogP contribution < -0.4 is 10.6 Å². The molecule has 5 nitrogen and oxygen atoms in total. The van der Waals surface area contributed by atoms with Crippen molar-refractivity contribution in [2.75, 3.05) is 11.9 Å². The summed E-state index contributed by atoms with van der Waals surface area (Å²) < 4.78 is 80.3. The normalized spacial score (nSPS) is 17.1. The minimum absolute atomic E-state index is 0.0672. The molecule has 1 aliphatic heterocycles. The Morgan fingerprint density at radius 1 is 0.909 bits per heavy atom. The van der Waals surface area contributed by atoms with E-state index < -0.39 is 23.8 Å². The average Bonchev–Trinajstić information content (AvgIpc) is 2.99. The summed E-state index contributed by atoms with van der Waals surface area (Å²) in [4.78, 5) is 12.3. The molecule has 0 unspecified atom stereocenters. The lowest BCUT2D eigenvalue weighted by Gasteiger charge is -2.24. The highest BCUT2D eigenvalue weighted by molar-refractivity contribution is 5.90. The van der Waals surface area contributed by atoms with Crippen LogP contribution in [0.4, 0.5) is 32.2 Å². The molecule has 0 fully saturated rings. The van der Waals surface area contributed by atoms with Gasteiger partial charge in [0.1, 0.15) is 11.6 Å². The van der Waals surface area contributed by atoms with E-state index in [-0.39, 0.29) is 29.6 Å². The molecule has 2 heterocycles.